The first-order valence-corrected chi connectivity index (χ1v) is 8.04. The van der Waals surface area contributed by atoms with E-state index < -0.39 is 0 Å². The number of nitrogens with zero attached hydrogens (tertiary/aromatic N) is 4. The Hall–Kier alpha value is -2.89. The fourth-order valence-corrected chi connectivity index (χ4v) is 2.67. The molecule has 1 aromatic carbocycles. The van der Waals surface area contributed by atoms with Crippen molar-refractivity contribution < 1.29 is 9.47 Å². The van der Waals surface area contributed by atoms with Gasteiger partial charge in [0.15, 0.2) is 0 Å². The van der Waals surface area contributed by atoms with Gasteiger partial charge < -0.3 is 20.9 Å². The van der Waals surface area contributed by atoms with Crippen molar-refractivity contribution in [1.29, 1.82) is 5.26 Å². The number of hydrogen-bond acceptors (Lipinski definition) is 8. The van der Waals surface area contributed by atoms with Gasteiger partial charge in [-0.3, -0.25) is 4.90 Å². The standard InChI is InChI=1S/C17H20N6O2/c18-11-14-15(21-17(20)22-16(14)19)12-2-1-3-13(10-12)25-9-6-23-4-7-24-8-5-23/h1-3,10H,4-9H2,(H4,19,20,21,22). The van der Waals surface area contributed by atoms with Gasteiger partial charge in [-0.15, -0.1) is 0 Å². The number of nitrogens with two attached hydrogens (primary N) is 2. The second kappa shape index (κ2) is 7.79. The van der Waals surface area contributed by atoms with E-state index in [2.05, 4.69) is 14.9 Å². The molecule has 0 amide bonds. The van der Waals surface area contributed by atoms with Crippen LogP contribution in [-0.2, 0) is 4.74 Å². The van der Waals surface area contributed by atoms with Crippen molar-refractivity contribution in [1.82, 2.24) is 14.9 Å². The molecular formula is C17H20N6O2. The number of morpholine rings is 1. The van der Waals surface area contributed by atoms with Crippen molar-refractivity contribution in [3.8, 4) is 23.1 Å². The second-order valence-corrected chi connectivity index (χ2v) is 5.63. The topological polar surface area (TPSA) is 123 Å². The van der Waals surface area contributed by atoms with Crippen LogP contribution in [-0.4, -0.2) is 54.3 Å². The number of aromatic nitrogens is 2. The highest BCUT2D eigenvalue weighted by molar-refractivity contribution is 5.73. The third kappa shape index (κ3) is 4.15. The number of anilines is 2. The minimum Gasteiger partial charge on any atom is -0.492 e. The van der Waals surface area contributed by atoms with E-state index in [1.165, 1.54) is 0 Å². The van der Waals surface area contributed by atoms with Gasteiger partial charge in [0.2, 0.25) is 5.95 Å². The fraction of sp³-hybridized carbons (Fsp3) is 0.353. The van der Waals surface area contributed by atoms with Crippen LogP contribution in [0.15, 0.2) is 24.3 Å². The average Bonchev–Trinajstić information content (AvgIpc) is 2.62. The summed E-state index contributed by atoms with van der Waals surface area (Å²) in [7, 11) is 0. The SMILES string of the molecule is N#Cc1c(N)nc(N)nc1-c1cccc(OCCN2CCOCC2)c1. The lowest BCUT2D eigenvalue weighted by Gasteiger charge is -2.26. The average molecular weight is 340 g/mol. The van der Waals surface area contributed by atoms with Crippen LogP contribution in [0.4, 0.5) is 11.8 Å². The maximum Gasteiger partial charge on any atom is 0.222 e. The largest absolute Gasteiger partial charge is 0.492 e. The molecule has 1 aromatic heterocycles. The summed E-state index contributed by atoms with van der Waals surface area (Å²) in [4.78, 5) is 10.3. The number of nitriles is 1. The Balaban J connectivity index is 1.72. The molecule has 8 heteroatoms. The first-order chi connectivity index (χ1) is 12.2. The van der Waals surface area contributed by atoms with Crippen LogP contribution < -0.4 is 16.2 Å². The first-order valence-electron chi connectivity index (χ1n) is 8.04. The molecule has 2 heterocycles. The second-order valence-electron chi connectivity index (χ2n) is 5.63. The normalized spacial score (nSPS) is 14.8. The predicted octanol–water partition coefficient (Wildman–Crippen LogP) is 0.891. The summed E-state index contributed by atoms with van der Waals surface area (Å²) < 4.78 is 11.2. The van der Waals surface area contributed by atoms with E-state index >= 15 is 0 Å². The van der Waals surface area contributed by atoms with E-state index in [1.807, 2.05) is 30.3 Å². The minimum atomic E-state index is 0.0325. The third-order valence-corrected chi connectivity index (χ3v) is 3.95. The molecule has 0 bridgehead atoms. The summed E-state index contributed by atoms with van der Waals surface area (Å²) >= 11 is 0. The summed E-state index contributed by atoms with van der Waals surface area (Å²) in [5.74, 6) is 0.805. The molecule has 0 unspecified atom stereocenters. The van der Waals surface area contributed by atoms with Gasteiger partial charge in [0.1, 0.15) is 29.8 Å². The summed E-state index contributed by atoms with van der Waals surface area (Å²) in [6.07, 6.45) is 0. The van der Waals surface area contributed by atoms with Crippen LogP contribution in [0.3, 0.4) is 0 Å². The Morgan fingerprint density at radius 2 is 2.04 bits per heavy atom. The van der Waals surface area contributed by atoms with Crippen LogP contribution in [0.1, 0.15) is 5.56 Å². The molecule has 0 aliphatic carbocycles. The Bertz CT molecular complexity index is 783. The zero-order valence-electron chi connectivity index (χ0n) is 13.8. The van der Waals surface area contributed by atoms with Crippen molar-refractivity contribution in [2.24, 2.45) is 0 Å². The minimum absolute atomic E-state index is 0.0325. The summed E-state index contributed by atoms with van der Waals surface area (Å²) in [5, 5.41) is 9.31. The van der Waals surface area contributed by atoms with E-state index in [1.54, 1.807) is 0 Å². The predicted molar refractivity (Wildman–Crippen MR) is 93.8 cm³/mol. The Kier molecular flexibility index (Phi) is 5.28. The monoisotopic (exact) mass is 340 g/mol. The Labute approximate surface area is 146 Å². The molecule has 8 nitrogen and oxygen atoms in total. The van der Waals surface area contributed by atoms with Gasteiger partial charge >= 0.3 is 0 Å². The van der Waals surface area contributed by atoms with Gasteiger partial charge in [0.25, 0.3) is 0 Å². The van der Waals surface area contributed by atoms with Crippen LogP contribution in [0.2, 0.25) is 0 Å². The van der Waals surface area contributed by atoms with Crippen LogP contribution in [0.25, 0.3) is 11.3 Å². The molecular weight excluding hydrogens is 320 g/mol. The molecule has 1 aliphatic heterocycles. The molecule has 0 atom stereocenters. The van der Waals surface area contributed by atoms with Gasteiger partial charge in [0, 0.05) is 25.2 Å². The highest BCUT2D eigenvalue weighted by Crippen LogP contribution is 2.28. The number of ether oxygens (including phenoxy) is 2. The molecule has 0 radical (unpaired) electrons. The summed E-state index contributed by atoms with van der Waals surface area (Å²) in [6, 6.07) is 9.39. The van der Waals surface area contributed by atoms with Crippen molar-refractivity contribution >= 4 is 11.8 Å². The number of hydrogen-bond donors (Lipinski definition) is 2. The molecule has 3 rings (SSSR count). The Morgan fingerprint density at radius 3 is 2.80 bits per heavy atom. The maximum atomic E-state index is 9.31. The van der Waals surface area contributed by atoms with Crippen LogP contribution in [0, 0.1) is 11.3 Å². The van der Waals surface area contributed by atoms with E-state index in [0.29, 0.717) is 23.6 Å². The molecule has 130 valence electrons. The van der Waals surface area contributed by atoms with Crippen molar-refractivity contribution in [3.05, 3.63) is 29.8 Å². The van der Waals surface area contributed by atoms with Gasteiger partial charge in [0.05, 0.1) is 18.9 Å². The number of benzene rings is 1. The highest BCUT2D eigenvalue weighted by atomic mass is 16.5. The van der Waals surface area contributed by atoms with Gasteiger partial charge in [-0.05, 0) is 12.1 Å². The van der Waals surface area contributed by atoms with E-state index in [0.717, 1.165) is 32.8 Å². The van der Waals surface area contributed by atoms with E-state index in [9.17, 15) is 5.26 Å². The third-order valence-electron chi connectivity index (χ3n) is 3.95. The zero-order valence-corrected chi connectivity index (χ0v) is 13.8. The van der Waals surface area contributed by atoms with E-state index in [-0.39, 0.29) is 17.3 Å². The zero-order chi connectivity index (χ0) is 17.6. The van der Waals surface area contributed by atoms with Gasteiger partial charge in [-0.2, -0.15) is 10.2 Å². The lowest BCUT2D eigenvalue weighted by Crippen LogP contribution is -2.38. The van der Waals surface area contributed by atoms with E-state index in [4.69, 9.17) is 20.9 Å². The van der Waals surface area contributed by atoms with Gasteiger partial charge in [-0.1, -0.05) is 12.1 Å². The van der Waals surface area contributed by atoms with Gasteiger partial charge in [-0.25, -0.2) is 4.98 Å². The first kappa shape index (κ1) is 17.0. The number of rotatable bonds is 5. The maximum absolute atomic E-state index is 9.31. The highest BCUT2D eigenvalue weighted by Gasteiger charge is 2.14. The summed E-state index contributed by atoms with van der Waals surface area (Å²) in [5.41, 5.74) is 12.8. The Morgan fingerprint density at radius 1 is 1.24 bits per heavy atom. The van der Waals surface area contributed by atoms with Crippen molar-refractivity contribution in [2.45, 2.75) is 0 Å². The van der Waals surface area contributed by atoms with Crippen LogP contribution in [0.5, 0.6) is 5.75 Å². The lowest BCUT2D eigenvalue weighted by atomic mass is 10.1. The smallest absolute Gasteiger partial charge is 0.222 e. The van der Waals surface area contributed by atoms with Crippen LogP contribution >= 0.6 is 0 Å². The molecule has 1 fully saturated rings. The molecule has 0 saturated carbocycles. The molecule has 25 heavy (non-hydrogen) atoms. The summed E-state index contributed by atoms with van der Waals surface area (Å²) in [6.45, 7) is 4.79. The van der Waals surface area contributed by atoms with Crippen molar-refractivity contribution in [2.75, 3.05) is 50.9 Å². The molecule has 1 saturated heterocycles. The van der Waals surface area contributed by atoms with Crippen molar-refractivity contribution in [3.63, 3.8) is 0 Å². The molecule has 4 N–H and O–H groups in total. The fourth-order valence-electron chi connectivity index (χ4n) is 2.67. The molecule has 1 aliphatic rings. The lowest BCUT2D eigenvalue weighted by molar-refractivity contribution is 0.0322. The molecule has 2 aromatic rings. The molecule has 0 spiro atoms. The quantitative estimate of drug-likeness (QED) is 0.822. The number of nitrogen functional groups attached to an aromatic ring is 2.